The van der Waals surface area contributed by atoms with Gasteiger partial charge in [-0.3, -0.25) is 4.90 Å². The van der Waals surface area contributed by atoms with E-state index in [1.165, 1.54) is 12.8 Å². The summed E-state index contributed by atoms with van der Waals surface area (Å²) in [6.07, 6.45) is 8.54. The van der Waals surface area contributed by atoms with Crippen molar-refractivity contribution >= 4 is 14.0 Å². The highest BCUT2D eigenvalue weighted by atomic mass is 28.3. The maximum absolute atomic E-state index is 12.0. The molecule has 3 aliphatic heterocycles. The quantitative estimate of drug-likeness (QED) is 0.391. The highest BCUT2D eigenvalue weighted by Crippen LogP contribution is 2.53. The van der Waals surface area contributed by atoms with E-state index in [0.29, 0.717) is 12.1 Å². The van der Waals surface area contributed by atoms with Gasteiger partial charge in [-0.2, -0.15) is 0 Å². The van der Waals surface area contributed by atoms with E-state index in [1.807, 2.05) is 0 Å². The number of carbonyl (C=O) groups is 1. The van der Waals surface area contributed by atoms with E-state index < -0.39 is 13.7 Å². The molecule has 3 atom stereocenters. The Balaban J connectivity index is 1.80. The van der Waals surface area contributed by atoms with Crippen LogP contribution in [0.25, 0.3) is 0 Å². The zero-order chi connectivity index (χ0) is 15.5. The Kier molecular flexibility index (Phi) is 2.98. The number of rotatable bonds is 0. The SMILES string of the molecule is C[Si](C)(C)C#CC1=C[C@@H]2C[C@@]3(OC(=O)C=C13)[C@H]1CCCCN21. The molecule has 22 heavy (non-hydrogen) atoms. The predicted molar refractivity (Wildman–Crippen MR) is 88.9 cm³/mol. The summed E-state index contributed by atoms with van der Waals surface area (Å²) in [5.74, 6) is 3.23. The molecule has 0 N–H and O–H groups in total. The Morgan fingerprint density at radius 2 is 2.18 bits per heavy atom. The molecule has 4 rings (SSSR count). The van der Waals surface area contributed by atoms with Crippen molar-refractivity contribution in [2.24, 2.45) is 0 Å². The van der Waals surface area contributed by atoms with E-state index in [9.17, 15) is 4.79 Å². The summed E-state index contributed by atoms with van der Waals surface area (Å²) in [6.45, 7) is 7.87. The van der Waals surface area contributed by atoms with E-state index in [1.54, 1.807) is 6.08 Å². The van der Waals surface area contributed by atoms with Crippen LogP contribution in [0, 0.1) is 11.5 Å². The lowest BCUT2D eigenvalue weighted by atomic mass is 9.77. The van der Waals surface area contributed by atoms with E-state index in [2.05, 4.69) is 42.1 Å². The first-order valence-electron chi connectivity index (χ1n) is 8.35. The Hall–Kier alpha value is -1.31. The fraction of sp³-hybridized carbons (Fsp3) is 0.611. The van der Waals surface area contributed by atoms with Crippen molar-refractivity contribution in [2.45, 2.75) is 63.0 Å². The molecule has 3 nitrogen and oxygen atoms in total. The van der Waals surface area contributed by atoms with Crippen LogP contribution < -0.4 is 0 Å². The summed E-state index contributed by atoms with van der Waals surface area (Å²) in [5.41, 5.74) is 5.18. The van der Waals surface area contributed by atoms with Crippen molar-refractivity contribution in [3.8, 4) is 11.5 Å². The van der Waals surface area contributed by atoms with Crippen LogP contribution in [0.3, 0.4) is 0 Å². The van der Waals surface area contributed by atoms with Crippen LogP contribution in [0.1, 0.15) is 25.7 Å². The molecule has 1 spiro atoms. The first-order valence-corrected chi connectivity index (χ1v) is 11.9. The van der Waals surface area contributed by atoms with Gasteiger partial charge in [0.05, 0.1) is 6.04 Å². The van der Waals surface area contributed by atoms with Crippen LogP contribution >= 0.6 is 0 Å². The number of hydrogen-bond acceptors (Lipinski definition) is 3. The first-order chi connectivity index (χ1) is 10.4. The van der Waals surface area contributed by atoms with Crippen LogP contribution in [0.5, 0.6) is 0 Å². The molecule has 0 aromatic carbocycles. The molecule has 0 aromatic rings. The van der Waals surface area contributed by atoms with E-state index in [-0.39, 0.29) is 5.97 Å². The van der Waals surface area contributed by atoms with Gasteiger partial charge in [-0.15, -0.1) is 5.54 Å². The monoisotopic (exact) mass is 313 g/mol. The van der Waals surface area contributed by atoms with Gasteiger partial charge < -0.3 is 4.74 Å². The Morgan fingerprint density at radius 3 is 2.95 bits per heavy atom. The summed E-state index contributed by atoms with van der Waals surface area (Å²) in [7, 11) is -1.43. The van der Waals surface area contributed by atoms with Gasteiger partial charge in [-0.05, 0) is 19.4 Å². The van der Waals surface area contributed by atoms with Gasteiger partial charge in [0.1, 0.15) is 8.07 Å². The van der Waals surface area contributed by atoms with Gasteiger partial charge >= 0.3 is 5.97 Å². The summed E-state index contributed by atoms with van der Waals surface area (Å²) >= 11 is 0. The van der Waals surface area contributed by atoms with Crippen molar-refractivity contribution in [2.75, 3.05) is 6.54 Å². The minimum Gasteiger partial charge on any atom is -0.449 e. The number of esters is 1. The predicted octanol–water partition coefficient (Wildman–Crippen LogP) is 2.66. The molecule has 2 saturated heterocycles. The van der Waals surface area contributed by atoms with Crippen molar-refractivity contribution < 1.29 is 9.53 Å². The third-order valence-electron chi connectivity index (χ3n) is 5.24. The van der Waals surface area contributed by atoms with Crippen molar-refractivity contribution in [3.05, 3.63) is 23.3 Å². The second-order valence-corrected chi connectivity index (χ2v) is 12.7. The molecule has 0 unspecified atom stereocenters. The van der Waals surface area contributed by atoms with Gasteiger partial charge in [0, 0.05) is 29.7 Å². The fourth-order valence-corrected chi connectivity index (χ4v) is 4.93. The summed E-state index contributed by atoms with van der Waals surface area (Å²) < 4.78 is 5.90. The minimum absolute atomic E-state index is 0.177. The average molecular weight is 313 g/mol. The van der Waals surface area contributed by atoms with Crippen LogP contribution in [0.2, 0.25) is 19.6 Å². The highest BCUT2D eigenvalue weighted by Gasteiger charge is 2.61. The maximum Gasteiger partial charge on any atom is 0.332 e. The lowest BCUT2D eigenvalue weighted by Gasteiger charge is -2.38. The Labute approximate surface area is 133 Å². The van der Waals surface area contributed by atoms with Crippen LogP contribution in [0.4, 0.5) is 0 Å². The lowest BCUT2D eigenvalue weighted by Crippen LogP contribution is -2.48. The highest BCUT2D eigenvalue weighted by molar-refractivity contribution is 6.83. The number of fused-ring (bicyclic) bond motifs is 3. The molecule has 3 heterocycles. The number of carbonyl (C=O) groups excluding carboxylic acids is 1. The molecule has 116 valence electrons. The van der Waals surface area contributed by atoms with Crippen LogP contribution in [0.15, 0.2) is 23.3 Å². The van der Waals surface area contributed by atoms with Gasteiger partial charge in [0.2, 0.25) is 0 Å². The maximum atomic E-state index is 12.0. The molecular weight excluding hydrogens is 290 g/mol. The van der Waals surface area contributed by atoms with E-state index in [0.717, 1.165) is 30.5 Å². The molecule has 0 saturated carbocycles. The Morgan fingerprint density at radius 1 is 1.36 bits per heavy atom. The zero-order valence-corrected chi connectivity index (χ0v) is 14.6. The van der Waals surface area contributed by atoms with Crippen molar-refractivity contribution in [3.63, 3.8) is 0 Å². The third kappa shape index (κ3) is 2.03. The standard InChI is InChI=1S/C18H23NO2Si/c1-22(2,3)9-7-13-10-14-12-18(15(13)11-17(20)21-18)16-6-4-5-8-19(14)16/h10-11,14,16H,4-6,8,12H2,1-3H3/t14-,16-,18+/m1/s1. The van der Waals surface area contributed by atoms with E-state index in [4.69, 9.17) is 4.74 Å². The molecule has 4 heteroatoms. The summed E-state index contributed by atoms with van der Waals surface area (Å²) in [4.78, 5) is 14.6. The topological polar surface area (TPSA) is 29.5 Å². The van der Waals surface area contributed by atoms with Gasteiger partial charge in [-0.1, -0.05) is 38.1 Å². The number of nitrogens with zero attached hydrogens (tertiary/aromatic N) is 1. The smallest absolute Gasteiger partial charge is 0.332 e. The molecule has 1 aliphatic carbocycles. The van der Waals surface area contributed by atoms with Crippen LogP contribution in [-0.2, 0) is 9.53 Å². The second-order valence-electron chi connectivity index (χ2n) is 7.97. The summed E-state index contributed by atoms with van der Waals surface area (Å²) in [6, 6.07) is 0.741. The Bertz CT molecular complexity index is 661. The number of hydrogen-bond donors (Lipinski definition) is 0. The molecule has 4 aliphatic rings. The molecular formula is C18H23NO2Si. The van der Waals surface area contributed by atoms with Crippen molar-refractivity contribution in [1.82, 2.24) is 4.90 Å². The summed E-state index contributed by atoms with van der Waals surface area (Å²) in [5, 5.41) is 0. The fourth-order valence-electron chi connectivity index (χ4n) is 4.43. The average Bonchev–Trinajstić information content (AvgIpc) is 2.92. The molecule has 0 radical (unpaired) electrons. The molecule has 2 fully saturated rings. The number of ether oxygens (including phenoxy) is 1. The normalized spacial score (nSPS) is 36.6. The minimum atomic E-state index is -1.43. The number of piperidine rings is 1. The largest absolute Gasteiger partial charge is 0.449 e. The molecule has 0 aromatic heterocycles. The zero-order valence-electron chi connectivity index (χ0n) is 13.6. The van der Waals surface area contributed by atoms with E-state index >= 15 is 0 Å². The van der Waals surface area contributed by atoms with Crippen LogP contribution in [-0.4, -0.2) is 43.2 Å². The van der Waals surface area contributed by atoms with Gasteiger partial charge in [0.25, 0.3) is 0 Å². The second kappa shape index (κ2) is 4.59. The first kappa shape index (κ1) is 14.3. The third-order valence-corrected chi connectivity index (χ3v) is 6.12. The van der Waals surface area contributed by atoms with Gasteiger partial charge in [0.15, 0.2) is 5.60 Å². The van der Waals surface area contributed by atoms with Crippen molar-refractivity contribution in [1.29, 1.82) is 0 Å². The lowest BCUT2D eigenvalue weighted by molar-refractivity contribution is -0.148. The molecule has 0 amide bonds. The molecule has 2 bridgehead atoms. The van der Waals surface area contributed by atoms with Gasteiger partial charge in [-0.25, -0.2) is 4.79 Å².